The zero-order chi connectivity index (χ0) is 14.1. The molecule has 0 aliphatic rings. The maximum atomic E-state index is 11.5. The molecule has 0 radical (unpaired) electrons. The van der Waals surface area contributed by atoms with Gasteiger partial charge in [-0.1, -0.05) is 36.9 Å². The molecule has 0 bridgehead atoms. The highest BCUT2D eigenvalue weighted by atomic mass is 32.2. The average molecular weight is 304 g/mol. The van der Waals surface area contributed by atoms with E-state index >= 15 is 0 Å². The zero-order valence-electron chi connectivity index (χ0n) is 11.4. The standard InChI is InChI=1S/C11H20N4O2S2/c1-8(2)6-13-10-14-15-11(19-10)18-7-9(16)12-4-5-17-3/h8H,4-7H2,1-3H3,(H,12,16)(H,13,14). The van der Waals surface area contributed by atoms with Crippen molar-refractivity contribution in [2.45, 2.75) is 18.2 Å². The van der Waals surface area contributed by atoms with Crippen LogP contribution in [0, 0.1) is 5.92 Å². The van der Waals surface area contributed by atoms with Crippen LogP contribution in [0.25, 0.3) is 0 Å². The first-order chi connectivity index (χ1) is 9.11. The van der Waals surface area contributed by atoms with Crippen molar-refractivity contribution < 1.29 is 9.53 Å². The summed E-state index contributed by atoms with van der Waals surface area (Å²) in [6, 6.07) is 0. The molecule has 0 aromatic carbocycles. The van der Waals surface area contributed by atoms with Gasteiger partial charge in [-0.25, -0.2) is 0 Å². The summed E-state index contributed by atoms with van der Waals surface area (Å²) >= 11 is 2.86. The van der Waals surface area contributed by atoms with Gasteiger partial charge in [0.15, 0.2) is 4.34 Å². The van der Waals surface area contributed by atoms with Crippen LogP contribution in [0.1, 0.15) is 13.8 Å². The highest BCUT2D eigenvalue weighted by molar-refractivity contribution is 8.01. The molecule has 0 fully saturated rings. The summed E-state index contributed by atoms with van der Waals surface area (Å²) in [4.78, 5) is 11.5. The lowest BCUT2D eigenvalue weighted by atomic mass is 10.2. The van der Waals surface area contributed by atoms with E-state index in [2.05, 4.69) is 34.7 Å². The van der Waals surface area contributed by atoms with Crippen molar-refractivity contribution in [3.05, 3.63) is 0 Å². The Balaban J connectivity index is 2.24. The molecule has 1 amide bonds. The number of nitrogens with zero attached hydrogens (tertiary/aromatic N) is 2. The van der Waals surface area contributed by atoms with Gasteiger partial charge in [0.25, 0.3) is 0 Å². The first-order valence-corrected chi connectivity index (χ1v) is 7.88. The molecule has 0 atom stereocenters. The summed E-state index contributed by atoms with van der Waals surface area (Å²) in [5.41, 5.74) is 0. The predicted molar refractivity (Wildman–Crippen MR) is 78.8 cm³/mol. The molecule has 6 nitrogen and oxygen atoms in total. The lowest BCUT2D eigenvalue weighted by Crippen LogP contribution is -2.28. The van der Waals surface area contributed by atoms with Crippen molar-refractivity contribution in [2.75, 3.05) is 37.9 Å². The maximum absolute atomic E-state index is 11.5. The minimum Gasteiger partial charge on any atom is -0.383 e. The third kappa shape index (κ3) is 7.34. The van der Waals surface area contributed by atoms with Crippen LogP contribution in [0.3, 0.4) is 0 Å². The van der Waals surface area contributed by atoms with Crippen molar-refractivity contribution in [3.63, 3.8) is 0 Å². The lowest BCUT2D eigenvalue weighted by Gasteiger charge is -2.03. The Bertz CT molecular complexity index is 385. The van der Waals surface area contributed by atoms with Crippen LogP contribution in [0.4, 0.5) is 5.13 Å². The van der Waals surface area contributed by atoms with Crippen LogP contribution in [-0.4, -0.2) is 48.7 Å². The van der Waals surface area contributed by atoms with E-state index in [9.17, 15) is 4.79 Å². The quantitative estimate of drug-likeness (QED) is 0.531. The van der Waals surface area contributed by atoms with Gasteiger partial charge in [-0.05, 0) is 5.92 Å². The largest absolute Gasteiger partial charge is 0.383 e. The van der Waals surface area contributed by atoms with E-state index in [0.717, 1.165) is 16.0 Å². The highest BCUT2D eigenvalue weighted by Gasteiger charge is 2.08. The lowest BCUT2D eigenvalue weighted by molar-refractivity contribution is -0.118. The Morgan fingerprint density at radius 2 is 2.26 bits per heavy atom. The van der Waals surface area contributed by atoms with Gasteiger partial charge in [-0.15, -0.1) is 10.2 Å². The minimum absolute atomic E-state index is 0.0195. The van der Waals surface area contributed by atoms with Gasteiger partial charge < -0.3 is 15.4 Å². The molecule has 0 saturated heterocycles. The van der Waals surface area contributed by atoms with E-state index in [1.54, 1.807) is 7.11 Å². The van der Waals surface area contributed by atoms with Crippen molar-refractivity contribution in [3.8, 4) is 0 Å². The van der Waals surface area contributed by atoms with E-state index in [1.807, 2.05) is 0 Å². The number of amides is 1. The van der Waals surface area contributed by atoms with E-state index < -0.39 is 0 Å². The molecule has 0 spiro atoms. The second-order valence-corrected chi connectivity index (χ2v) is 6.48. The second kappa shape index (κ2) is 9.11. The van der Waals surface area contributed by atoms with Gasteiger partial charge in [0.05, 0.1) is 12.4 Å². The number of methoxy groups -OCH3 is 1. The number of hydrogen-bond donors (Lipinski definition) is 2. The fraction of sp³-hybridized carbons (Fsp3) is 0.727. The number of nitrogens with one attached hydrogen (secondary N) is 2. The number of aromatic nitrogens is 2. The fourth-order valence-corrected chi connectivity index (χ4v) is 2.69. The van der Waals surface area contributed by atoms with Crippen molar-refractivity contribution >= 4 is 34.1 Å². The molecule has 8 heteroatoms. The predicted octanol–water partition coefficient (Wildman–Crippen LogP) is 1.46. The summed E-state index contributed by atoms with van der Waals surface area (Å²) in [6.45, 7) is 6.20. The first kappa shape index (κ1) is 16.2. The van der Waals surface area contributed by atoms with Gasteiger partial charge in [0, 0.05) is 20.2 Å². The molecular formula is C11H20N4O2S2. The minimum atomic E-state index is -0.0195. The molecule has 108 valence electrons. The maximum Gasteiger partial charge on any atom is 0.230 e. The summed E-state index contributed by atoms with van der Waals surface area (Å²) in [7, 11) is 1.60. The van der Waals surface area contributed by atoms with Gasteiger partial charge in [-0.3, -0.25) is 4.79 Å². The summed E-state index contributed by atoms with van der Waals surface area (Å²) in [6.07, 6.45) is 0. The highest BCUT2D eigenvalue weighted by Crippen LogP contribution is 2.25. The van der Waals surface area contributed by atoms with E-state index in [4.69, 9.17) is 4.74 Å². The molecule has 0 saturated carbocycles. The molecule has 0 aliphatic carbocycles. The molecule has 19 heavy (non-hydrogen) atoms. The van der Waals surface area contributed by atoms with Crippen LogP contribution >= 0.6 is 23.1 Å². The summed E-state index contributed by atoms with van der Waals surface area (Å²) in [5.74, 6) is 0.892. The van der Waals surface area contributed by atoms with E-state index in [0.29, 0.717) is 24.8 Å². The summed E-state index contributed by atoms with van der Waals surface area (Å²) < 4.78 is 5.65. The SMILES string of the molecule is COCCNC(=O)CSc1nnc(NCC(C)C)s1. The number of rotatable bonds is 9. The third-order valence-electron chi connectivity index (χ3n) is 2.02. The molecule has 0 aliphatic heterocycles. The van der Waals surface area contributed by atoms with Crippen LogP contribution in [-0.2, 0) is 9.53 Å². The Morgan fingerprint density at radius 3 is 2.95 bits per heavy atom. The number of thioether (sulfide) groups is 1. The van der Waals surface area contributed by atoms with Crippen LogP contribution in [0.15, 0.2) is 4.34 Å². The Labute approximate surface area is 121 Å². The van der Waals surface area contributed by atoms with Gasteiger partial charge in [0.1, 0.15) is 0 Å². The fourth-order valence-electron chi connectivity index (χ4n) is 1.10. The molecule has 2 N–H and O–H groups in total. The Morgan fingerprint density at radius 1 is 1.47 bits per heavy atom. The number of anilines is 1. The molecule has 0 unspecified atom stereocenters. The average Bonchev–Trinajstić information content (AvgIpc) is 2.82. The van der Waals surface area contributed by atoms with E-state index in [-0.39, 0.29) is 5.91 Å². The van der Waals surface area contributed by atoms with Crippen molar-refractivity contribution in [2.24, 2.45) is 5.92 Å². The third-order valence-corrected chi connectivity index (χ3v) is 4.04. The number of carbonyl (C=O) groups excluding carboxylic acids is 1. The number of hydrogen-bond acceptors (Lipinski definition) is 7. The summed E-state index contributed by atoms with van der Waals surface area (Å²) in [5, 5.41) is 14.8. The van der Waals surface area contributed by atoms with Crippen molar-refractivity contribution in [1.82, 2.24) is 15.5 Å². The Hall–Kier alpha value is -0.860. The first-order valence-electron chi connectivity index (χ1n) is 6.07. The smallest absolute Gasteiger partial charge is 0.230 e. The monoisotopic (exact) mass is 304 g/mol. The second-order valence-electron chi connectivity index (χ2n) is 4.28. The van der Waals surface area contributed by atoms with Gasteiger partial charge >= 0.3 is 0 Å². The van der Waals surface area contributed by atoms with Gasteiger partial charge in [-0.2, -0.15) is 0 Å². The zero-order valence-corrected chi connectivity index (χ0v) is 13.1. The number of carbonyl (C=O) groups is 1. The molecule has 1 rings (SSSR count). The molecule has 1 heterocycles. The number of ether oxygens (including phenoxy) is 1. The van der Waals surface area contributed by atoms with Crippen LogP contribution in [0.2, 0.25) is 0 Å². The molecule has 1 aromatic rings. The normalized spacial score (nSPS) is 10.7. The topological polar surface area (TPSA) is 76.1 Å². The van der Waals surface area contributed by atoms with E-state index in [1.165, 1.54) is 23.1 Å². The molecular weight excluding hydrogens is 284 g/mol. The Kier molecular flexibility index (Phi) is 7.76. The van der Waals surface area contributed by atoms with Gasteiger partial charge in [0.2, 0.25) is 11.0 Å². The molecule has 1 aromatic heterocycles. The van der Waals surface area contributed by atoms with Crippen LogP contribution in [0.5, 0.6) is 0 Å². The van der Waals surface area contributed by atoms with Crippen LogP contribution < -0.4 is 10.6 Å². The van der Waals surface area contributed by atoms with Crippen molar-refractivity contribution in [1.29, 1.82) is 0 Å².